The fourth-order valence-electron chi connectivity index (χ4n) is 5.66. The number of nitrogens with one attached hydrogen (secondary N) is 1. The Hall–Kier alpha value is -3.87. The van der Waals surface area contributed by atoms with E-state index in [9.17, 15) is 23.2 Å². The summed E-state index contributed by atoms with van der Waals surface area (Å²) < 4.78 is 46.1. The highest BCUT2D eigenvalue weighted by atomic mass is 19.3. The maximum absolute atomic E-state index is 14.9. The third-order valence-electron chi connectivity index (χ3n) is 7.91. The van der Waals surface area contributed by atoms with Crippen LogP contribution in [0, 0.1) is 11.3 Å². The van der Waals surface area contributed by atoms with Crippen molar-refractivity contribution in [1.82, 2.24) is 20.2 Å². The molecule has 1 aromatic heterocycles. The molecule has 1 aliphatic heterocycles. The number of allylic oxidation sites excluding steroid dienone is 1. The molecular formula is C31H41F2N4O7+. The van der Waals surface area contributed by atoms with Crippen LogP contribution in [0.15, 0.2) is 36.4 Å². The van der Waals surface area contributed by atoms with Crippen LogP contribution in [0.2, 0.25) is 0 Å². The van der Waals surface area contributed by atoms with E-state index in [4.69, 9.17) is 19.3 Å². The molecule has 44 heavy (non-hydrogen) atoms. The van der Waals surface area contributed by atoms with Crippen molar-refractivity contribution >= 4 is 29.0 Å². The van der Waals surface area contributed by atoms with Crippen LogP contribution in [0.25, 0.3) is 11.0 Å². The molecule has 4 rings (SSSR count). The SMILES string of the molecule is COC(=O)[C@@H]1C[C@H](C)CN1C(=O)[C@@H](NC(=O)O[C@@H]1CCC[C@H]1OC/C=C/C(F)(F)c1nc2ccccc2nc1[OH2+])C(C)(C)C. The van der Waals surface area contributed by atoms with Crippen LogP contribution in [-0.2, 0) is 29.7 Å². The summed E-state index contributed by atoms with van der Waals surface area (Å²) in [5, 5.41) is 10.6. The highest BCUT2D eigenvalue weighted by Crippen LogP contribution is 2.35. The smallest absolute Gasteiger partial charge is 0.408 e. The van der Waals surface area contributed by atoms with Crippen LogP contribution >= 0.6 is 0 Å². The number of esters is 1. The van der Waals surface area contributed by atoms with E-state index in [0.717, 1.165) is 6.08 Å². The van der Waals surface area contributed by atoms with E-state index in [-0.39, 0.29) is 18.0 Å². The second-order valence-electron chi connectivity index (χ2n) is 12.5. The Kier molecular flexibility index (Phi) is 10.1. The number of alkyl halides is 2. The lowest BCUT2D eigenvalue weighted by Gasteiger charge is -2.35. The lowest BCUT2D eigenvalue weighted by molar-refractivity contribution is -0.152. The molecule has 0 bridgehead atoms. The van der Waals surface area contributed by atoms with Crippen LogP contribution in [-0.4, -0.2) is 82.5 Å². The Morgan fingerprint density at radius 1 is 1.14 bits per heavy atom. The first kappa shape index (κ1) is 33.0. The molecule has 2 amide bonds. The Morgan fingerprint density at radius 2 is 1.80 bits per heavy atom. The molecule has 240 valence electrons. The number of nitrogens with zero attached hydrogens (tertiary/aromatic N) is 3. The van der Waals surface area contributed by atoms with Crippen LogP contribution in [0.4, 0.5) is 13.6 Å². The van der Waals surface area contributed by atoms with Crippen molar-refractivity contribution in [2.45, 2.75) is 83.6 Å². The number of carbonyl (C=O) groups is 3. The number of rotatable bonds is 9. The molecule has 0 radical (unpaired) electrons. The van der Waals surface area contributed by atoms with Gasteiger partial charge in [0.15, 0.2) is 0 Å². The van der Waals surface area contributed by atoms with Gasteiger partial charge in [-0.2, -0.15) is 13.8 Å². The standard InChI is InChI=1S/C31H40F2N4O7/c1-18-16-21(28(40)42-5)37(17-18)27(39)25(30(2,3)4)36-29(41)44-23-13-8-12-22(23)43-15-9-14-31(32,33)24-26(38)35-20-11-7-6-10-19(20)34-24/h6-7,9-11,14,18,21-23,25H,8,12-13,15-17H2,1-5H3,(H,35,38)(H,36,41)/p+1/b14-9+/t18-,21-,22+,23+,25+/m0/s1. The predicted octanol–water partition coefficient (Wildman–Crippen LogP) is 4.20. The summed E-state index contributed by atoms with van der Waals surface area (Å²) in [5.41, 5.74) is -0.829. The lowest BCUT2D eigenvalue weighted by atomic mass is 9.85. The van der Waals surface area contributed by atoms with Gasteiger partial charge in [0.2, 0.25) is 11.6 Å². The molecule has 1 saturated carbocycles. The summed E-state index contributed by atoms with van der Waals surface area (Å²) >= 11 is 0. The van der Waals surface area contributed by atoms with E-state index >= 15 is 0 Å². The molecule has 1 aromatic carbocycles. The Balaban J connectivity index is 1.35. The number of methoxy groups -OCH3 is 1. The van der Waals surface area contributed by atoms with Gasteiger partial charge in [-0.25, -0.2) is 14.6 Å². The van der Waals surface area contributed by atoms with Gasteiger partial charge in [0.25, 0.3) is 0 Å². The van der Waals surface area contributed by atoms with Crippen molar-refractivity contribution < 1.29 is 42.5 Å². The highest BCUT2D eigenvalue weighted by molar-refractivity contribution is 5.90. The number of hydrogen-bond acceptors (Lipinski definition) is 8. The van der Waals surface area contributed by atoms with Crippen molar-refractivity contribution in [3.05, 3.63) is 42.1 Å². The van der Waals surface area contributed by atoms with Gasteiger partial charge in [-0.05, 0) is 55.2 Å². The van der Waals surface area contributed by atoms with Crippen LogP contribution in [0.1, 0.15) is 59.1 Å². The minimum absolute atomic E-state index is 0.0931. The Morgan fingerprint density at radius 3 is 2.45 bits per heavy atom. The van der Waals surface area contributed by atoms with Crippen molar-refractivity contribution in [3.8, 4) is 5.88 Å². The van der Waals surface area contributed by atoms with Crippen LogP contribution < -0.4 is 5.32 Å². The van der Waals surface area contributed by atoms with Gasteiger partial charge in [-0.3, -0.25) is 4.79 Å². The Bertz CT molecular complexity index is 1400. The predicted molar refractivity (Wildman–Crippen MR) is 157 cm³/mol. The molecule has 2 aliphatic rings. The largest absolute Gasteiger partial charge is 0.577 e. The van der Waals surface area contributed by atoms with E-state index in [0.29, 0.717) is 43.8 Å². The summed E-state index contributed by atoms with van der Waals surface area (Å²) in [4.78, 5) is 48.2. The first-order chi connectivity index (χ1) is 20.7. The minimum atomic E-state index is -3.54. The normalized spacial score (nSPS) is 23.2. The molecule has 2 fully saturated rings. The van der Waals surface area contributed by atoms with Gasteiger partial charge in [0, 0.05) is 6.54 Å². The number of hydrogen-bond donors (Lipinski definition) is 1. The molecule has 0 spiro atoms. The van der Waals surface area contributed by atoms with E-state index in [2.05, 4.69) is 15.3 Å². The average Bonchev–Trinajstić information content (AvgIpc) is 3.58. The molecule has 13 heteroatoms. The van der Waals surface area contributed by atoms with Crippen molar-refractivity contribution in [2.24, 2.45) is 11.3 Å². The molecule has 2 aromatic rings. The summed E-state index contributed by atoms with van der Waals surface area (Å²) in [6, 6.07) is 4.80. The van der Waals surface area contributed by atoms with E-state index < -0.39 is 65.2 Å². The average molecular weight is 620 g/mol. The van der Waals surface area contributed by atoms with Gasteiger partial charge in [0.05, 0.1) is 30.9 Å². The van der Waals surface area contributed by atoms with Gasteiger partial charge in [-0.1, -0.05) is 45.9 Å². The molecule has 5 atom stereocenters. The van der Waals surface area contributed by atoms with E-state index in [1.807, 2.05) is 6.92 Å². The number of ether oxygens (including phenoxy) is 3. The first-order valence-corrected chi connectivity index (χ1v) is 14.7. The summed E-state index contributed by atoms with van der Waals surface area (Å²) in [5.74, 6) is -4.96. The fraction of sp³-hybridized carbons (Fsp3) is 0.581. The molecule has 3 N–H and O–H groups in total. The van der Waals surface area contributed by atoms with Crippen LogP contribution in [0.3, 0.4) is 0 Å². The number of benzene rings is 1. The first-order valence-electron chi connectivity index (χ1n) is 14.7. The van der Waals surface area contributed by atoms with Crippen molar-refractivity contribution in [2.75, 3.05) is 20.3 Å². The number of carbonyl (C=O) groups excluding carboxylic acids is 3. The van der Waals surface area contributed by atoms with Gasteiger partial charge < -0.3 is 29.5 Å². The molecule has 2 heterocycles. The number of fused-ring (bicyclic) bond motifs is 1. The summed E-state index contributed by atoms with van der Waals surface area (Å²) in [6.07, 6.45) is 2.04. The fourth-order valence-corrected chi connectivity index (χ4v) is 5.66. The second-order valence-corrected chi connectivity index (χ2v) is 12.5. The molecule has 1 aliphatic carbocycles. The van der Waals surface area contributed by atoms with E-state index in [1.54, 1.807) is 45.0 Å². The van der Waals surface area contributed by atoms with Gasteiger partial charge in [-0.15, -0.1) is 0 Å². The number of amides is 2. The minimum Gasteiger partial charge on any atom is -0.577 e. The maximum Gasteiger partial charge on any atom is 0.408 e. The van der Waals surface area contributed by atoms with Gasteiger partial charge >= 0.3 is 23.9 Å². The Labute approximate surface area is 255 Å². The number of likely N-dealkylation sites (tertiary alicyclic amines) is 1. The number of halogens is 2. The van der Waals surface area contributed by atoms with Crippen LogP contribution in [0.5, 0.6) is 5.88 Å². The third kappa shape index (κ3) is 7.61. The lowest BCUT2D eigenvalue weighted by Crippen LogP contribution is -2.57. The molecule has 1 saturated heterocycles. The third-order valence-corrected chi connectivity index (χ3v) is 7.91. The van der Waals surface area contributed by atoms with Crippen molar-refractivity contribution in [1.29, 1.82) is 0 Å². The topological polar surface area (TPSA) is 143 Å². The van der Waals surface area contributed by atoms with E-state index in [1.165, 1.54) is 12.0 Å². The molecule has 0 unspecified atom stereocenters. The second kappa shape index (κ2) is 13.4. The number of para-hydroxylation sites is 2. The summed E-state index contributed by atoms with van der Waals surface area (Å²) in [7, 11) is 1.28. The zero-order chi connectivity index (χ0) is 32.2. The molecule has 11 nitrogen and oxygen atoms in total. The highest BCUT2D eigenvalue weighted by Gasteiger charge is 2.45. The quantitative estimate of drug-likeness (QED) is 0.250. The molecular weight excluding hydrogens is 578 g/mol. The monoisotopic (exact) mass is 619 g/mol. The number of alkyl carbamates (subject to hydrolysis) is 1. The number of aromatic nitrogens is 2. The summed E-state index contributed by atoms with van der Waals surface area (Å²) in [6.45, 7) is 7.54. The zero-order valence-electron chi connectivity index (χ0n) is 25.6. The van der Waals surface area contributed by atoms with Gasteiger partial charge in [0.1, 0.15) is 18.2 Å². The maximum atomic E-state index is 14.9. The van der Waals surface area contributed by atoms with Crippen molar-refractivity contribution in [3.63, 3.8) is 0 Å². The zero-order valence-corrected chi connectivity index (χ0v) is 25.6.